The van der Waals surface area contributed by atoms with Crippen molar-refractivity contribution in [2.45, 2.75) is 32.4 Å². The minimum Gasteiger partial charge on any atom is -0.391 e. The fourth-order valence-corrected chi connectivity index (χ4v) is 2.20. The quantitative estimate of drug-likeness (QED) is 0.892. The largest absolute Gasteiger partial charge is 0.391 e. The van der Waals surface area contributed by atoms with Gasteiger partial charge in [-0.1, -0.05) is 30.3 Å². The molecule has 2 aromatic carbocycles. The number of aryl methyl sites for hydroxylation is 1. The van der Waals surface area contributed by atoms with E-state index < -0.39 is 12.1 Å². The molecule has 2 rings (SSSR count). The van der Waals surface area contributed by atoms with Gasteiger partial charge >= 0.3 is 0 Å². The molecule has 0 spiro atoms. The van der Waals surface area contributed by atoms with Crippen molar-refractivity contribution >= 4 is 5.91 Å². The molecule has 4 heteroatoms. The number of aliphatic hydroxyl groups excluding tert-OH is 1. The van der Waals surface area contributed by atoms with Gasteiger partial charge in [-0.25, -0.2) is 4.39 Å². The lowest BCUT2D eigenvalue weighted by molar-refractivity contribution is 0.0851. The fraction of sp³-hybridized carbons (Fsp3) is 0.278. The van der Waals surface area contributed by atoms with Gasteiger partial charge in [0.15, 0.2) is 0 Å². The Labute approximate surface area is 129 Å². The lowest BCUT2D eigenvalue weighted by atomic mass is 10.0. The van der Waals surface area contributed by atoms with Crippen molar-refractivity contribution in [1.29, 1.82) is 0 Å². The number of benzene rings is 2. The molecule has 0 aliphatic carbocycles. The van der Waals surface area contributed by atoms with Gasteiger partial charge in [0.2, 0.25) is 0 Å². The summed E-state index contributed by atoms with van der Waals surface area (Å²) >= 11 is 0. The molecule has 0 saturated carbocycles. The standard InChI is InChI=1S/C18H20FNO2/c1-12-10-15(8-9-16(12)19)18(22)20-13(2)17(21)11-14-6-4-3-5-7-14/h3-10,13,17,21H,11H2,1-2H3,(H,20,22). The normalized spacial score (nSPS) is 13.5. The predicted octanol–water partition coefficient (Wildman–Crippen LogP) is 2.86. The van der Waals surface area contributed by atoms with Crippen LogP contribution in [-0.4, -0.2) is 23.2 Å². The molecule has 1 amide bonds. The van der Waals surface area contributed by atoms with Crippen LogP contribution >= 0.6 is 0 Å². The number of hydrogen-bond acceptors (Lipinski definition) is 2. The molecular weight excluding hydrogens is 281 g/mol. The van der Waals surface area contributed by atoms with Crippen LogP contribution in [0.1, 0.15) is 28.4 Å². The Balaban J connectivity index is 1.96. The van der Waals surface area contributed by atoms with Gasteiger partial charge in [-0.15, -0.1) is 0 Å². The van der Waals surface area contributed by atoms with E-state index in [9.17, 15) is 14.3 Å². The molecule has 0 radical (unpaired) electrons. The molecule has 2 unspecified atom stereocenters. The van der Waals surface area contributed by atoms with Gasteiger partial charge in [-0.2, -0.15) is 0 Å². The van der Waals surface area contributed by atoms with Crippen LogP contribution in [0.3, 0.4) is 0 Å². The van der Waals surface area contributed by atoms with Crippen LogP contribution in [0.25, 0.3) is 0 Å². The van der Waals surface area contributed by atoms with E-state index in [1.54, 1.807) is 13.8 Å². The number of nitrogens with one attached hydrogen (secondary N) is 1. The lowest BCUT2D eigenvalue weighted by Crippen LogP contribution is -2.42. The molecule has 0 heterocycles. The van der Waals surface area contributed by atoms with Gasteiger partial charge in [0.05, 0.1) is 12.1 Å². The second kappa shape index (κ2) is 7.18. The zero-order valence-corrected chi connectivity index (χ0v) is 12.7. The highest BCUT2D eigenvalue weighted by Gasteiger charge is 2.18. The van der Waals surface area contributed by atoms with Gasteiger partial charge in [0, 0.05) is 12.0 Å². The number of amides is 1. The van der Waals surface area contributed by atoms with E-state index in [0.29, 0.717) is 17.5 Å². The summed E-state index contributed by atoms with van der Waals surface area (Å²) in [5.74, 6) is -0.656. The van der Waals surface area contributed by atoms with Gasteiger partial charge in [-0.05, 0) is 43.2 Å². The van der Waals surface area contributed by atoms with Crippen LogP contribution in [-0.2, 0) is 6.42 Å². The van der Waals surface area contributed by atoms with Crippen molar-refractivity contribution in [2.75, 3.05) is 0 Å². The van der Waals surface area contributed by atoms with E-state index in [0.717, 1.165) is 5.56 Å². The number of aliphatic hydroxyl groups is 1. The third-order valence-electron chi connectivity index (χ3n) is 3.64. The van der Waals surface area contributed by atoms with Gasteiger partial charge in [0.1, 0.15) is 5.82 Å². The molecule has 3 nitrogen and oxygen atoms in total. The van der Waals surface area contributed by atoms with Crippen LogP contribution in [0.2, 0.25) is 0 Å². The maximum atomic E-state index is 13.2. The number of hydrogen-bond donors (Lipinski definition) is 2. The second-order valence-corrected chi connectivity index (χ2v) is 5.48. The SMILES string of the molecule is Cc1cc(C(=O)NC(C)C(O)Cc2ccccc2)ccc1F. The summed E-state index contributed by atoms with van der Waals surface area (Å²) in [5.41, 5.74) is 1.82. The third kappa shape index (κ3) is 4.15. The Morgan fingerprint density at radius 1 is 1.23 bits per heavy atom. The van der Waals surface area contributed by atoms with E-state index in [2.05, 4.69) is 5.32 Å². The molecule has 0 aliphatic rings. The Morgan fingerprint density at radius 2 is 1.91 bits per heavy atom. The summed E-state index contributed by atoms with van der Waals surface area (Å²) in [5, 5.41) is 12.9. The van der Waals surface area contributed by atoms with Crippen LogP contribution in [0, 0.1) is 12.7 Å². The Kier molecular flexibility index (Phi) is 5.28. The van der Waals surface area contributed by atoms with Crippen molar-refractivity contribution < 1.29 is 14.3 Å². The Bertz CT molecular complexity index is 643. The molecule has 2 aromatic rings. The summed E-state index contributed by atoms with van der Waals surface area (Å²) in [6, 6.07) is 13.4. The molecule has 116 valence electrons. The molecule has 0 saturated heterocycles. The molecule has 2 atom stereocenters. The highest BCUT2D eigenvalue weighted by atomic mass is 19.1. The van der Waals surface area contributed by atoms with Crippen molar-refractivity contribution in [3.63, 3.8) is 0 Å². The average molecular weight is 301 g/mol. The summed E-state index contributed by atoms with van der Waals surface area (Å²) < 4.78 is 13.2. The highest BCUT2D eigenvalue weighted by molar-refractivity contribution is 5.94. The number of carbonyl (C=O) groups excluding carboxylic acids is 1. The zero-order valence-electron chi connectivity index (χ0n) is 12.7. The average Bonchev–Trinajstić information content (AvgIpc) is 2.50. The van der Waals surface area contributed by atoms with Crippen LogP contribution < -0.4 is 5.32 Å². The minimum absolute atomic E-state index is 0.317. The summed E-state index contributed by atoms with van der Waals surface area (Å²) in [6.45, 7) is 3.36. The second-order valence-electron chi connectivity index (χ2n) is 5.48. The predicted molar refractivity (Wildman–Crippen MR) is 84.2 cm³/mol. The number of carbonyl (C=O) groups is 1. The van der Waals surface area contributed by atoms with E-state index in [1.807, 2.05) is 30.3 Å². The first-order valence-electron chi connectivity index (χ1n) is 7.26. The first-order chi connectivity index (χ1) is 10.5. The zero-order chi connectivity index (χ0) is 16.1. The Morgan fingerprint density at radius 3 is 2.55 bits per heavy atom. The van der Waals surface area contributed by atoms with Gasteiger partial charge < -0.3 is 10.4 Å². The highest BCUT2D eigenvalue weighted by Crippen LogP contribution is 2.11. The smallest absolute Gasteiger partial charge is 0.251 e. The van der Waals surface area contributed by atoms with Crippen molar-refractivity contribution in [2.24, 2.45) is 0 Å². The van der Waals surface area contributed by atoms with Crippen molar-refractivity contribution in [1.82, 2.24) is 5.32 Å². The minimum atomic E-state index is -0.687. The summed E-state index contributed by atoms with van der Waals surface area (Å²) in [4.78, 5) is 12.1. The van der Waals surface area contributed by atoms with Crippen molar-refractivity contribution in [3.05, 3.63) is 71.0 Å². The molecular formula is C18H20FNO2. The maximum absolute atomic E-state index is 13.2. The molecule has 2 N–H and O–H groups in total. The van der Waals surface area contributed by atoms with Crippen LogP contribution in [0.5, 0.6) is 0 Å². The van der Waals surface area contributed by atoms with Crippen LogP contribution in [0.15, 0.2) is 48.5 Å². The topological polar surface area (TPSA) is 49.3 Å². The first-order valence-corrected chi connectivity index (χ1v) is 7.26. The van der Waals surface area contributed by atoms with Crippen LogP contribution in [0.4, 0.5) is 4.39 Å². The van der Waals surface area contributed by atoms with Gasteiger partial charge in [-0.3, -0.25) is 4.79 Å². The maximum Gasteiger partial charge on any atom is 0.251 e. The number of halogens is 1. The summed E-state index contributed by atoms with van der Waals surface area (Å²) in [6.07, 6.45) is -0.224. The third-order valence-corrected chi connectivity index (χ3v) is 3.64. The monoisotopic (exact) mass is 301 g/mol. The molecule has 22 heavy (non-hydrogen) atoms. The summed E-state index contributed by atoms with van der Waals surface area (Å²) in [7, 11) is 0. The van der Waals surface area contributed by atoms with E-state index in [-0.39, 0.29) is 11.7 Å². The Hall–Kier alpha value is -2.20. The van der Waals surface area contributed by atoms with Crippen molar-refractivity contribution in [3.8, 4) is 0 Å². The molecule has 0 bridgehead atoms. The molecule has 0 fully saturated rings. The van der Waals surface area contributed by atoms with E-state index in [4.69, 9.17) is 0 Å². The molecule has 0 aromatic heterocycles. The lowest BCUT2D eigenvalue weighted by Gasteiger charge is -2.20. The van der Waals surface area contributed by atoms with E-state index in [1.165, 1.54) is 18.2 Å². The molecule has 0 aliphatic heterocycles. The van der Waals surface area contributed by atoms with E-state index >= 15 is 0 Å². The van der Waals surface area contributed by atoms with Gasteiger partial charge in [0.25, 0.3) is 5.91 Å². The fourth-order valence-electron chi connectivity index (χ4n) is 2.20. The first kappa shape index (κ1) is 16.2. The number of rotatable bonds is 5.